The quantitative estimate of drug-likeness (QED) is 0.464. The van der Waals surface area contributed by atoms with Crippen LogP contribution in [0.1, 0.15) is 6.92 Å². The van der Waals surface area contributed by atoms with Gasteiger partial charge in [-0.15, -0.1) is 23.1 Å². The third kappa shape index (κ3) is 5.72. The fourth-order valence-electron chi connectivity index (χ4n) is 2.32. The van der Waals surface area contributed by atoms with Crippen molar-refractivity contribution in [3.8, 4) is 11.3 Å². The first-order valence-electron chi connectivity index (χ1n) is 8.12. The minimum Gasteiger partial charge on any atom is -0.326 e. The van der Waals surface area contributed by atoms with Crippen molar-refractivity contribution < 1.29 is 9.59 Å². The Kier molecular flexibility index (Phi) is 6.96. The van der Waals surface area contributed by atoms with Crippen molar-refractivity contribution in [2.75, 3.05) is 16.4 Å². The van der Waals surface area contributed by atoms with E-state index in [2.05, 4.69) is 15.6 Å². The van der Waals surface area contributed by atoms with E-state index in [0.717, 1.165) is 10.5 Å². The minimum absolute atomic E-state index is 0.139. The van der Waals surface area contributed by atoms with Crippen LogP contribution >= 0.6 is 46.3 Å². The average molecular weight is 452 g/mol. The lowest BCUT2D eigenvalue weighted by atomic mass is 10.2. The van der Waals surface area contributed by atoms with Gasteiger partial charge in [0.05, 0.1) is 16.5 Å². The lowest BCUT2D eigenvalue weighted by Gasteiger charge is -2.05. The molecule has 2 aromatic carbocycles. The third-order valence-electron chi connectivity index (χ3n) is 3.48. The molecule has 3 rings (SSSR count). The second-order valence-corrected chi connectivity index (χ2v) is 8.46. The maximum Gasteiger partial charge on any atom is 0.236 e. The van der Waals surface area contributed by atoms with Crippen molar-refractivity contribution in [1.82, 2.24) is 4.98 Å². The van der Waals surface area contributed by atoms with E-state index in [4.69, 9.17) is 23.2 Å². The van der Waals surface area contributed by atoms with Gasteiger partial charge in [0.25, 0.3) is 0 Å². The minimum atomic E-state index is -0.168. The molecule has 0 aliphatic carbocycles. The van der Waals surface area contributed by atoms with Crippen LogP contribution in [0.3, 0.4) is 0 Å². The molecule has 0 saturated carbocycles. The van der Waals surface area contributed by atoms with Crippen molar-refractivity contribution in [3.05, 3.63) is 57.9 Å². The van der Waals surface area contributed by atoms with Crippen LogP contribution in [-0.2, 0) is 9.59 Å². The molecule has 0 atom stereocenters. The normalized spacial score (nSPS) is 10.5. The molecule has 9 heteroatoms. The van der Waals surface area contributed by atoms with E-state index in [1.54, 1.807) is 24.3 Å². The first-order valence-corrected chi connectivity index (χ1v) is 10.7. The number of thiazole rings is 1. The summed E-state index contributed by atoms with van der Waals surface area (Å²) in [4.78, 5) is 28.7. The molecule has 1 aromatic heterocycles. The van der Waals surface area contributed by atoms with Gasteiger partial charge in [-0.05, 0) is 36.4 Å². The summed E-state index contributed by atoms with van der Waals surface area (Å²) in [7, 11) is 0. The molecule has 0 unspecified atom stereocenters. The number of benzene rings is 2. The van der Waals surface area contributed by atoms with Crippen molar-refractivity contribution >= 4 is 68.9 Å². The number of carbonyl (C=O) groups excluding carboxylic acids is 2. The molecule has 0 radical (unpaired) electrons. The Bertz CT molecular complexity index is 1020. The van der Waals surface area contributed by atoms with E-state index >= 15 is 0 Å². The Balaban J connectivity index is 1.58. The molecule has 0 fully saturated rings. The number of rotatable bonds is 6. The fraction of sp³-hybridized carbons (Fsp3) is 0.105. The van der Waals surface area contributed by atoms with E-state index < -0.39 is 0 Å². The number of halogens is 2. The van der Waals surface area contributed by atoms with Crippen LogP contribution in [-0.4, -0.2) is 22.6 Å². The SMILES string of the molecule is CC(=O)Nc1cccc(SCC(=O)Nc2nc(-c3ccc(Cl)cc3Cl)cs2)c1. The zero-order valence-corrected chi connectivity index (χ0v) is 17.8. The van der Waals surface area contributed by atoms with Crippen LogP contribution in [0, 0.1) is 0 Å². The van der Waals surface area contributed by atoms with Crippen molar-refractivity contribution in [1.29, 1.82) is 0 Å². The van der Waals surface area contributed by atoms with Crippen molar-refractivity contribution in [2.45, 2.75) is 11.8 Å². The molecular weight excluding hydrogens is 437 g/mol. The summed E-state index contributed by atoms with van der Waals surface area (Å²) in [5.41, 5.74) is 2.13. The number of aromatic nitrogens is 1. The number of hydrogen-bond acceptors (Lipinski definition) is 5. The standard InChI is InChI=1S/C19H15Cl2N3O2S2/c1-11(25)22-13-3-2-4-14(8-13)27-10-18(26)24-19-23-17(9-28-19)15-6-5-12(20)7-16(15)21/h2-9H,10H2,1H3,(H,22,25)(H,23,24,26). The second kappa shape index (κ2) is 9.43. The molecule has 0 aliphatic rings. The zero-order valence-electron chi connectivity index (χ0n) is 14.7. The highest BCUT2D eigenvalue weighted by molar-refractivity contribution is 8.00. The van der Waals surface area contributed by atoms with E-state index in [1.807, 2.05) is 23.6 Å². The summed E-state index contributed by atoms with van der Waals surface area (Å²) >= 11 is 14.8. The molecule has 28 heavy (non-hydrogen) atoms. The number of amides is 2. The van der Waals surface area contributed by atoms with E-state index in [0.29, 0.717) is 26.6 Å². The lowest BCUT2D eigenvalue weighted by molar-refractivity contribution is -0.114. The van der Waals surface area contributed by atoms with E-state index in [-0.39, 0.29) is 17.6 Å². The topological polar surface area (TPSA) is 71.1 Å². The monoisotopic (exact) mass is 451 g/mol. The molecule has 2 N–H and O–H groups in total. The van der Waals surface area contributed by atoms with Crippen LogP contribution < -0.4 is 10.6 Å². The largest absolute Gasteiger partial charge is 0.326 e. The highest BCUT2D eigenvalue weighted by atomic mass is 35.5. The molecule has 2 amide bonds. The molecular formula is C19H15Cl2N3O2S2. The first kappa shape index (κ1) is 20.7. The fourth-order valence-corrected chi connectivity index (χ4v) is 4.31. The van der Waals surface area contributed by atoms with Gasteiger partial charge in [-0.2, -0.15) is 0 Å². The smallest absolute Gasteiger partial charge is 0.236 e. The van der Waals surface area contributed by atoms with Crippen molar-refractivity contribution in [2.24, 2.45) is 0 Å². The summed E-state index contributed by atoms with van der Waals surface area (Å²) in [5, 5.41) is 8.89. The summed E-state index contributed by atoms with van der Waals surface area (Å²) in [5.74, 6) is -0.0848. The Morgan fingerprint density at radius 1 is 1.14 bits per heavy atom. The highest BCUT2D eigenvalue weighted by Gasteiger charge is 2.11. The molecule has 3 aromatic rings. The van der Waals surface area contributed by atoms with Gasteiger partial charge in [0, 0.05) is 33.5 Å². The summed E-state index contributed by atoms with van der Waals surface area (Å²) in [6.45, 7) is 1.45. The Morgan fingerprint density at radius 2 is 1.96 bits per heavy atom. The van der Waals surface area contributed by atoms with Crippen molar-refractivity contribution in [3.63, 3.8) is 0 Å². The summed E-state index contributed by atoms with van der Waals surface area (Å²) in [6.07, 6.45) is 0. The van der Waals surface area contributed by atoms with Crippen LogP contribution in [0.15, 0.2) is 52.7 Å². The van der Waals surface area contributed by atoms with Gasteiger partial charge in [0.15, 0.2) is 5.13 Å². The van der Waals surface area contributed by atoms with Gasteiger partial charge in [0.2, 0.25) is 11.8 Å². The lowest BCUT2D eigenvalue weighted by Crippen LogP contribution is -2.13. The Morgan fingerprint density at radius 3 is 2.71 bits per heavy atom. The average Bonchev–Trinajstić information content (AvgIpc) is 3.08. The van der Waals surface area contributed by atoms with E-state index in [1.165, 1.54) is 30.0 Å². The third-order valence-corrected chi connectivity index (χ3v) is 5.78. The van der Waals surface area contributed by atoms with Gasteiger partial charge < -0.3 is 10.6 Å². The Labute approximate surface area is 180 Å². The van der Waals surface area contributed by atoms with Crippen LogP contribution in [0.2, 0.25) is 10.0 Å². The molecule has 0 aliphatic heterocycles. The number of nitrogens with zero attached hydrogens (tertiary/aromatic N) is 1. The van der Waals surface area contributed by atoms with Crippen LogP contribution in [0.25, 0.3) is 11.3 Å². The second-order valence-electron chi connectivity index (χ2n) is 5.71. The zero-order chi connectivity index (χ0) is 20.1. The molecule has 0 spiro atoms. The van der Waals surface area contributed by atoms with Gasteiger partial charge in [-0.25, -0.2) is 4.98 Å². The summed E-state index contributed by atoms with van der Waals surface area (Å²) < 4.78 is 0. The molecule has 144 valence electrons. The number of hydrogen-bond donors (Lipinski definition) is 2. The predicted octanol–water partition coefficient (Wildman–Crippen LogP) is 5.81. The van der Waals surface area contributed by atoms with Crippen LogP contribution in [0.4, 0.5) is 10.8 Å². The van der Waals surface area contributed by atoms with Gasteiger partial charge in [0.1, 0.15) is 0 Å². The number of anilines is 2. The van der Waals surface area contributed by atoms with Gasteiger partial charge >= 0.3 is 0 Å². The molecule has 0 saturated heterocycles. The number of nitrogens with one attached hydrogen (secondary N) is 2. The summed E-state index contributed by atoms with van der Waals surface area (Å²) in [6, 6.07) is 12.5. The maximum absolute atomic E-state index is 12.2. The van der Waals surface area contributed by atoms with Gasteiger partial charge in [-0.3, -0.25) is 9.59 Å². The highest BCUT2D eigenvalue weighted by Crippen LogP contribution is 2.32. The van der Waals surface area contributed by atoms with Gasteiger partial charge in [-0.1, -0.05) is 29.3 Å². The Hall–Kier alpha value is -2.06. The molecule has 0 bridgehead atoms. The number of carbonyl (C=O) groups is 2. The molecule has 5 nitrogen and oxygen atoms in total. The first-order chi connectivity index (χ1) is 13.4. The number of thioether (sulfide) groups is 1. The predicted molar refractivity (Wildman–Crippen MR) is 118 cm³/mol. The van der Waals surface area contributed by atoms with E-state index in [9.17, 15) is 9.59 Å². The van der Waals surface area contributed by atoms with Crippen LogP contribution in [0.5, 0.6) is 0 Å². The molecule has 1 heterocycles. The maximum atomic E-state index is 12.2.